The van der Waals surface area contributed by atoms with Crippen LogP contribution in [0.15, 0.2) is 36.8 Å². The van der Waals surface area contributed by atoms with E-state index >= 15 is 0 Å². The third-order valence-electron chi connectivity index (χ3n) is 2.27. The van der Waals surface area contributed by atoms with E-state index in [2.05, 4.69) is 11.1 Å². The summed E-state index contributed by atoms with van der Waals surface area (Å²) in [5, 5.41) is 0. The average molecular weight is 200 g/mol. The van der Waals surface area contributed by atoms with E-state index in [-0.39, 0.29) is 0 Å². The fraction of sp³-hybridized carbons (Fsp3) is 0.167. The minimum Gasteiger partial charge on any atom is -0.341 e. The second kappa shape index (κ2) is 4.09. The fourth-order valence-corrected chi connectivity index (χ4v) is 1.58. The van der Waals surface area contributed by atoms with Crippen LogP contribution in [0.3, 0.4) is 0 Å². The topological polar surface area (TPSA) is 34.9 Å². The summed E-state index contributed by atoms with van der Waals surface area (Å²) < 4.78 is 1.91. The zero-order chi connectivity index (χ0) is 10.7. The molecule has 0 saturated carbocycles. The molecular formula is C12H12N2O. The molecule has 0 aliphatic heterocycles. The third-order valence-corrected chi connectivity index (χ3v) is 2.27. The van der Waals surface area contributed by atoms with Crippen molar-refractivity contribution in [2.24, 2.45) is 0 Å². The van der Waals surface area contributed by atoms with E-state index in [1.165, 1.54) is 0 Å². The number of aldehydes is 1. The van der Waals surface area contributed by atoms with Gasteiger partial charge < -0.3 is 4.57 Å². The van der Waals surface area contributed by atoms with Crippen LogP contribution in [0.4, 0.5) is 0 Å². The second-order valence-electron chi connectivity index (χ2n) is 3.55. The highest BCUT2D eigenvalue weighted by molar-refractivity contribution is 5.72. The van der Waals surface area contributed by atoms with Gasteiger partial charge in [0, 0.05) is 25.1 Å². The van der Waals surface area contributed by atoms with Gasteiger partial charge in [0.2, 0.25) is 0 Å². The van der Waals surface area contributed by atoms with E-state index in [1.54, 1.807) is 6.07 Å². The molecule has 0 saturated heterocycles. The minimum absolute atomic E-state index is 0.690. The van der Waals surface area contributed by atoms with Crippen molar-refractivity contribution in [3.05, 3.63) is 53.6 Å². The maximum absolute atomic E-state index is 10.7. The molecule has 0 atom stereocenters. The zero-order valence-corrected chi connectivity index (χ0v) is 8.55. The van der Waals surface area contributed by atoms with Crippen molar-refractivity contribution in [2.45, 2.75) is 13.5 Å². The Hall–Kier alpha value is -1.90. The average Bonchev–Trinajstić information content (AvgIpc) is 2.65. The SMILES string of the molecule is Cc1cncc(Cn2cccc2C=O)c1. The monoisotopic (exact) mass is 200 g/mol. The van der Waals surface area contributed by atoms with E-state index in [1.807, 2.05) is 36.1 Å². The smallest absolute Gasteiger partial charge is 0.166 e. The molecule has 2 aromatic heterocycles. The molecule has 3 heteroatoms. The molecule has 76 valence electrons. The van der Waals surface area contributed by atoms with Crippen molar-refractivity contribution in [3.8, 4) is 0 Å². The predicted octanol–water partition coefficient (Wildman–Crippen LogP) is 2.05. The number of hydrogen-bond donors (Lipinski definition) is 0. The maximum atomic E-state index is 10.7. The van der Waals surface area contributed by atoms with Gasteiger partial charge in [-0.25, -0.2) is 0 Å². The van der Waals surface area contributed by atoms with E-state index in [9.17, 15) is 4.79 Å². The molecule has 0 aromatic carbocycles. The Morgan fingerprint density at radius 1 is 1.47 bits per heavy atom. The number of aromatic nitrogens is 2. The van der Waals surface area contributed by atoms with E-state index < -0.39 is 0 Å². The number of nitrogens with zero attached hydrogens (tertiary/aromatic N) is 2. The predicted molar refractivity (Wildman–Crippen MR) is 57.9 cm³/mol. The molecule has 0 aliphatic carbocycles. The molecule has 3 nitrogen and oxygen atoms in total. The van der Waals surface area contributed by atoms with Gasteiger partial charge in [-0.2, -0.15) is 0 Å². The number of aryl methyl sites for hydroxylation is 1. The van der Waals surface area contributed by atoms with Gasteiger partial charge in [-0.1, -0.05) is 6.07 Å². The molecule has 15 heavy (non-hydrogen) atoms. The molecule has 0 fully saturated rings. The summed E-state index contributed by atoms with van der Waals surface area (Å²) in [5.41, 5.74) is 2.93. The van der Waals surface area contributed by atoms with Crippen molar-refractivity contribution in [2.75, 3.05) is 0 Å². The Balaban J connectivity index is 2.25. The lowest BCUT2D eigenvalue weighted by Crippen LogP contribution is -2.02. The molecule has 0 spiro atoms. The van der Waals surface area contributed by atoms with E-state index in [4.69, 9.17) is 0 Å². The lowest BCUT2D eigenvalue weighted by molar-refractivity contribution is 0.111. The van der Waals surface area contributed by atoms with E-state index in [0.717, 1.165) is 17.4 Å². The van der Waals surface area contributed by atoms with Crippen LogP contribution < -0.4 is 0 Å². The molecular weight excluding hydrogens is 188 g/mol. The van der Waals surface area contributed by atoms with Crippen molar-refractivity contribution in [3.63, 3.8) is 0 Å². The Morgan fingerprint density at radius 3 is 3.07 bits per heavy atom. The molecule has 0 unspecified atom stereocenters. The molecule has 2 rings (SSSR count). The van der Waals surface area contributed by atoms with Crippen molar-refractivity contribution in [1.29, 1.82) is 0 Å². The highest BCUT2D eigenvalue weighted by Gasteiger charge is 2.00. The standard InChI is InChI=1S/C12H12N2O/c1-10-5-11(7-13-6-10)8-14-4-2-3-12(14)9-15/h2-7,9H,8H2,1H3. The first-order valence-corrected chi connectivity index (χ1v) is 4.80. The van der Waals surface area contributed by atoms with Crippen LogP contribution >= 0.6 is 0 Å². The van der Waals surface area contributed by atoms with Gasteiger partial charge >= 0.3 is 0 Å². The Bertz CT molecular complexity index is 474. The second-order valence-corrected chi connectivity index (χ2v) is 3.55. The van der Waals surface area contributed by atoms with Gasteiger partial charge in [0.15, 0.2) is 6.29 Å². The van der Waals surface area contributed by atoms with Crippen LogP contribution in [0.1, 0.15) is 21.6 Å². The van der Waals surface area contributed by atoms with Crippen molar-refractivity contribution in [1.82, 2.24) is 9.55 Å². The summed E-state index contributed by atoms with van der Waals surface area (Å²) in [5.74, 6) is 0. The number of carbonyl (C=O) groups is 1. The Morgan fingerprint density at radius 2 is 2.33 bits per heavy atom. The lowest BCUT2D eigenvalue weighted by Gasteiger charge is -2.05. The van der Waals surface area contributed by atoms with Crippen LogP contribution in [0.5, 0.6) is 0 Å². The third kappa shape index (κ3) is 2.13. The van der Waals surface area contributed by atoms with Crippen LogP contribution in [-0.4, -0.2) is 15.8 Å². The number of hydrogen-bond acceptors (Lipinski definition) is 2. The van der Waals surface area contributed by atoms with Crippen LogP contribution in [0.25, 0.3) is 0 Å². The number of rotatable bonds is 3. The molecule has 0 radical (unpaired) electrons. The minimum atomic E-state index is 0.690. The molecule has 0 N–H and O–H groups in total. The molecule has 2 heterocycles. The highest BCUT2D eigenvalue weighted by atomic mass is 16.1. The number of carbonyl (C=O) groups excluding carboxylic acids is 1. The van der Waals surface area contributed by atoms with Gasteiger partial charge in [-0.15, -0.1) is 0 Å². The number of pyridine rings is 1. The summed E-state index contributed by atoms with van der Waals surface area (Å²) in [6.45, 7) is 2.70. The Kier molecular flexibility index (Phi) is 2.63. The van der Waals surface area contributed by atoms with Crippen LogP contribution in [-0.2, 0) is 6.54 Å². The quantitative estimate of drug-likeness (QED) is 0.711. The molecule has 2 aromatic rings. The van der Waals surface area contributed by atoms with Gasteiger partial charge in [0.25, 0.3) is 0 Å². The summed E-state index contributed by atoms with van der Waals surface area (Å²) in [6, 6.07) is 5.74. The zero-order valence-electron chi connectivity index (χ0n) is 8.55. The summed E-state index contributed by atoms with van der Waals surface area (Å²) in [4.78, 5) is 14.8. The first-order chi connectivity index (χ1) is 7.29. The Labute approximate surface area is 88.4 Å². The summed E-state index contributed by atoms with van der Waals surface area (Å²) >= 11 is 0. The normalized spacial score (nSPS) is 10.2. The van der Waals surface area contributed by atoms with E-state index in [0.29, 0.717) is 12.2 Å². The summed E-state index contributed by atoms with van der Waals surface area (Å²) in [6.07, 6.45) is 6.40. The van der Waals surface area contributed by atoms with Gasteiger partial charge in [-0.05, 0) is 30.2 Å². The largest absolute Gasteiger partial charge is 0.341 e. The molecule has 0 amide bonds. The molecule has 0 bridgehead atoms. The highest BCUT2D eigenvalue weighted by Crippen LogP contribution is 2.06. The maximum Gasteiger partial charge on any atom is 0.166 e. The van der Waals surface area contributed by atoms with Crippen molar-refractivity contribution >= 4 is 6.29 Å². The summed E-state index contributed by atoms with van der Waals surface area (Å²) in [7, 11) is 0. The molecule has 0 aliphatic rings. The van der Waals surface area contributed by atoms with Crippen molar-refractivity contribution < 1.29 is 4.79 Å². The lowest BCUT2D eigenvalue weighted by atomic mass is 10.2. The van der Waals surface area contributed by atoms with Crippen LogP contribution in [0, 0.1) is 6.92 Å². The van der Waals surface area contributed by atoms with Gasteiger partial charge in [-0.3, -0.25) is 9.78 Å². The fourth-order valence-electron chi connectivity index (χ4n) is 1.58. The van der Waals surface area contributed by atoms with Crippen LogP contribution in [0.2, 0.25) is 0 Å². The van der Waals surface area contributed by atoms with Gasteiger partial charge in [0.1, 0.15) is 0 Å². The first-order valence-electron chi connectivity index (χ1n) is 4.80. The van der Waals surface area contributed by atoms with Gasteiger partial charge in [0.05, 0.1) is 5.69 Å². The first kappa shape index (κ1) is 9.65.